The van der Waals surface area contributed by atoms with Gasteiger partial charge in [-0.05, 0) is 19.8 Å². The van der Waals surface area contributed by atoms with Gasteiger partial charge in [-0.2, -0.15) is 0 Å². The lowest BCUT2D eigenvalue weighted by Crippen LogP contribution is -2.36. The Hall–Kier alpha value is -2.70. The highest BCUT2D eigenvalue weighted by Gasteiger charge is 2.27. The quantitative estimate of drug-likeness (QED) is 0.787. The Balaban J connectivity index is 2.07. The number of amides is 2. The third kappa shape index (κ3) is 3.01. The molecular formula is C18H22N2O5. The minimum absolute atomic E-state index is 0.0654. The molecule has 1 fully saturated rings. The van der Waals surface area contributed by atoms with Gasteiger partial charge in [0.15, 0.2) is 11.3 Å². The number of furan rings is 1. The van der Waals surface area contributed by atoms with Gasteiger partial charge >= 0.3 is 0 Å². The van der Waals surface area contributed by atoms with E-state index in [1.54, 1.807) is 6.92 Å². The standard InChI is InChI=1S/C18H22N2O5/c1-9-13-12(24-2)8-11(21)14(17(19)22)16(13)25-15(9)18(23)20-10-6-4-3-5-7-10/h8,10,21H,3-7H2,1-2H3,(H2,19,22)(H,20,23). The summed E-state index contributed by atoms with van der Waals surface area (Å²) < 4.78 is 10.9. The molecule has 2 aromatic rings. The zero-order valence-corrected chi connectivity index (χ0v) is 14.3. The van der Waals surface area contributed by atoms with Gasteiger partial charge in [-0.25, -0.2) is 0 Å². The van der Waals surface area contributed by atoms with Gasteiger partial charge in [0, 0.05) is 17.7 Å². The van der Waals surface area contributed by atoms with Gasteiger partial charge in [0.25, 0.3) is 11.8 Å². The van der Waals surface area contributed by atoms with Crippen LogP contribution >= 0.6 is 0 Å². The molecule has 0 aliphatic heterocycles. The van der Waals surface area contributed by atoms with Crippen LogP contribution in [0.3, 0.4) is 0 Å². The first-order valence-electron chi connectivity index (χ1n) is 8.37. The smallest absolute Gasteiger partial charge is 0.287 e. The van der Waals surface area contributed by atoms with E-state index in [1.165, 1.54) is 19.6 Å². The van der Waals surface area contributed by atoms with Crippen LogP contribution < -0.4 is 15.8 Å². The minimum Gasteiger partial charge on any atom is -0.507 e. The summed E-state index contributed by atoms with van der Waals surface area (Å²) in [5.74, 6) is -1.09. The maximum absolute atomic E-state index is 12.6. The number of hydrogen-bond acceptors (Lipinski definition) is 5. The highest BCUT2D eigenvalue weighted by molar-refractivity contribution is 6.11. The molecule has 1 heterocycles. The Labute approximate surface area is 145 Å². The van der Waals surface area contributed by atoms with Gasteiger partial charge in [0.2, 0.25) is 0 Å². The van der Waals surface area contributed by atoms with Crippen LogP contribution in [0.1, 0.15) is 58.6 Å². The van der Waals surface area contributed by atoms with E-state index in [0.717, 1.165) is 25.7 Å². The molecular weight excluding hydrogens is 324 g/mol. The van der Waals surface area contributed by atoms with Crippen LogP contribution in [0.5, 0.6) is 11.5 Å². The second-order valence-electron chi connectivity index (χ2n) is 6.41. The first kappa shape index (κ1) is 17.1. The van der Waals surface area contributed by atoms with E-state index in [-0.39, 0.29) is 34.6 Å². The molecule has 1 saturated carbocycles. The van der Waals surface area contributed by atoms with Gasteiger partial charge in [-0.1, -0.05) is 19.3 Å². The molecule has 1 aromatic carbocycles. The first-order valence-corrected chi connectivity index (χ1v) is 8.37. The summed E-state index contributed by atoms with van der Waals surface area (Å²) in [6, 6.07) is 1.42. The normalized spacial score (nSPS) is 15.3. The Morgan fingerprint density at radius 1 is 1.32 bits per heavy atom. The Kier molecular flexibility index (Phi) is 4.57. The lowest BCUT2D eigenvalue weighted by atomic mass is 9.95. The fourth-order valence-corrected chi connectivity index (χ4v) is 3.48. The number of nitrogens with one attached hydrogen (secondary N) is 1. The lowest BCUT2D eigenvalue weighted by Gasteiger charge is -2.22. The van der Waals surface area contributed by atoms with Crippen LogP contribution in [-0.4, -0.2) is 30.1 Å². The van der Waals surface area contributed by atoms with E-state index < -0.39 is 5.91 Å². The number of primary amides is 1. The molecule has 0 unspecified atom stereocenters. The summed E-state index contributed by atoms with van der Waals surface area (Å²) in [6.07, 6.45) is 5.27. The molecule has 1 aliphatic carbocycles. The number of carbonyl (C=O) groups excluding carboxylic acids is 2. The van der Waals surface area contributed by atoms with Crippen molar-refractivity contribution in [2.24, 2.45) is 5.73 Å². The van der Waals surface area contributed by atoms with Crippen molar-refractivity contribution >= 4 is 22.8 Å². The number of benzene rings is 1. The predicted octanol–water partition coefficient (Wildman–Crippen LogP) is 2.62. The summed E-state index contributed by atoms with van der Waals surface area (Å²) in [5.41, 5.74) is 5.81. The summed E-state index contributed by atoms with van der Waals surface area (Å²) in [6.45, 7) is 1.71. The van der Waals surface area contributed by atoms with Gasteiger partial charge < -0.3 is 25.3 Å². The van der Waals surface area contributed by atoms with Crippen molar-refractivity contribution in [3.63, 3.8) is 0 Å². The molecule has 3 rings (SSSR count). The Morgan fingerprint density at radius 2 is 2.00 bits per heavy atom. The lowest BCUT2D eigenvalue weighted by molar-refractivity contribution is 0.0898. The third-order valence-corrected chi connectivity index (χ3v) is 4.76. The second-order valence-corrected chi connectivity index (χ2v) is 6.41. The number of carbonyl (C=O) groups is 2. The third-order valence-electron chi connectivity index (χ3n) is 4.76. The van der Waals surface area contributed by atoms with Crippen LogP contribution in [0.4, 0.5) is 0 Å². The van der Waals surface area contributed by atoms with Crippen LogP contribution in [0, 0.1) is 6.92 Å². The fraction of sp³-hybridized carbons (Fsp3) is 0.444. The molecule has 0 spiro atoms. The second kappa shape index (κ2) is 6.66. The topological polar surface area (TPSA) is 115 Å². The van der Waals surface area contributed by atoms with Crippen molar-refractivity contribution in [2.75, 3.05) is 7.11 Å². The van der Waals surface area contributed by atoms with Crippen molar-refractivity contribution < 1.29 is 23.8 Å². The van der Waals surface area contributed by atoms with E-state index >= 15 is 0 Å². The molecule has 1 aliphatic rings. The molecule has 0 saturated heterocycles. The summed E-state index contributed by atoms with van der Waals surface area (Å²) >= 11 is 0. The highest BCUT2D eigenvalue weighted by Crippen LogP contribution is 2.40. The molecule has 1 aromatic heterocycles. The average molecular weight is 346 g/mol. The molecule has 25 heavy (non-hydrogen) atoms. The van der Waals surface area contributed by atoms with Crippen molar-refractivity contribution in [3.8, 4) is 11.5 Å². The summed E-state index contributed by atoms with van der Waals surface area (Å²) in [7, 11) is 1.44. The van der Waals surface area contributed by atoms with Crippen molar-refractivity contribution in [3.05, 3.63) is 23.0 Å². The van der Waals surface area contributed by atoms with Crippen molar-refractivity contribution in [2.45, 2.75) is 45.1 Å². The van der Waals surface area contributed by atoms with Crippen LogP contribution in [0.25, 0.3) is 11.0 Å². The summed E-state index contributed by atoms with van der Waals surface area (Å²) in [5, 5.41) is 13.5. The number of nitrogens with two attached hydrogens (primary N) is 1. The van der Waals surface area contributed by atoms with Gasteiger partial charge in [0.05, 0.1) is 12.5 Å². The Morgan fingerprint density at radius 3 is 2.60 bits per heavy atom. The largest absolute Gasteiger partial charge is 0.507 e. The first-order chi connectivity index (χ1) is 11.9. The SMILES string of the molecule is COc1cc(O)c(C(N)=O)c2oc(C(=O)NC3CCCCC3)c(C)c12. The van der Waals surface area contributed by atoms with Crippen LogP contribution in [0.2, 0.25) is 0 Å². The number of phenols is 1. The monoisotopic (exact) mass is 346 g/mol. The van der Waals surface area contributed by atoms with Gasteiger partial charge in [-0.15, -0.1) is 0 Å². The van der Waals surface area contributed by atoms with Gasteiger partial charge in [0.1, 0.15) is 17.1 Å². The number of rotatable bonds is 4. The highest BCUT2D eigenvalue weighted by atomic mass is 16.5. The van der Waals surface area contributed by atoms with E-state index in [4.69, 9.17) is 14.9 Å². The average Bonchev–Trinajstić information content (AvgIpc) is 2.92. The summed E-state index contributed by atoms with van der Waals surface area (Å²) in [4.78, 5) is 24.3. The maximum atomic E-state index is 12.6. The molecule has 2 amide bonds. The molecule has 0 bridgehead atoms. The molecule has 0 radical (unpaired) electrons. The minimum atomic E-state index is -0.835. The van der Waals surface area contributed by atoms with Gasteiger partial charge in [-0.3, -0.25) is 9.59 Å². The predicted molar refractivity (Wildman–Crippen MR) is 92.0 cm³/mol. The Bertz CT molecular complexity index is 834. The maximum Gasteiger partial charge on any atom is 0.287 e. The van der Waals surface area contributed by atoms with E-state index in [2.05, 4.69) is 5.32 Å². The zero-order valence-electron chi connectivity index (χ0n) is 14.3. The van der Waals surface area contributed by atoms with E-state index in [1.807, 2.05) is 0 Å². The van der Waals surface area contributed by atoms with Crippen LogP contribution in [0.15, 0.2) is 10.5 Å². The molecule has 0 atom stereocenters. The molecule has 134 valence electrons. The van der Waals surface area contributed by atoms with Crippen LogP contribution in [-0.2, 0) is 0 Å². The number of aromatic hydroxyl groups is 1. The van der Waals surface area contributed by atoms with E-state index in [0.29, 0.717) is 16.7 Å². The van der Waals surface area contributed by atoms with E-state index in [9.17, 15) is 14.7 Å². The number of aryl methyl sites for hydroxylation is 1. The molecule has 7 heteroatoms. The molecule has 7 nitrogen and oxygen atoms in total. The number of hydrogen-bond donors (Lipinski definition) is 3. The number of methoxy groups -OCH3 is 1. The van der Waals surface area contributed by atoms with Crippen molar-refractivity contribution in [1.82, 2.24) is 5.32 Å². The van der Waals surface area contributed by atoms with Crippen molar-refractivity contribution in [1.29, 1.82) is 0 Å². The zero-order chi connectivity index (χ0) is 18.1. The number of fused-ring (bicyclic) bond motifs is 1. The number of ether oxygens (including phenoxy) is 1. The molecule has 4 N–H and O–H groups in total. The fourth-order valence-electron chi connectivity index (χ4n) is 3.48.